The Labute approximate surface area is 195 Å². The Kier molecular flexibility index (Phi) is 3.84. The molecule has 2 aromatic rings. The molecule has 166 valence electrons. The standard InChI is InChI=1S/C25H22N4O3S/c26-12-14-13-6-1-4-10-18(13)33-23(14)29-21(30)19-17-9-5-11-28(17)25(20(19)22(29)31)15-7-2-3-8-16(15)27-24(25)32/h2-3,7-8,17,19-20H,1,4-6,9-11H2,(H,27,32)/t17-,19+,20-,25-/m0/s1. The summed E-state index contributed by atoms with van der Waals surface area (Å²) in [7, 11) is 0. The van der Waals surface area contributed by atoms with Crippen molar-refractivity contribution in [3.05, 3.63) is 45.8 Å². The number of rotatable bonds is 1. The molecule has 33 heavy (non-hydrogen) atoms. The lowest BCUT2D eigenvalue weighted by Gasteiger charge is -2.36. The van der Waals surface area contributed by atoms with Crippen LogP contribution < -0.4 is 10.2 Å². The number of imide groups is 1. The van der Waals surface area contributed by atoms with Crippen LogP contribution in [0.15, 0.2) is 24.3 Å². The van der Waals surface area contributed by atoms with E-state index >= 15 is 0 Å². The summed E-state index contributed by atoms with van der Waals surface area (Å²) in [5, 5.41) is 13.4. The van der Waals surface area contributed by atoms with Crippen molar-refractivity contribution >= 4 is 39.7 Å². The number of aryl methyl sites for hydroxylation is 1. The second-order valence-electron chi connectivity index (χ2n) is 9.69. The van der Waals surface area contributed by atoms with Gasteiger partial charge in [-0.1, -0.05) is 18.2 Å². The highest BCUT2D eigenvalue weighted by Gasteiger charge is 2.74. The normalized spacial score (nSPS) is 32.0. The van der Waals surface area contributed by atoms with Crippen LogP contribution in [0.4, 0.5) is 10.7 Å². The number of hydrogen-bond acceptors (Lipinski definition) is 6. The van der Waals surface area contributed by atoms with Gasteiger partial charge in [0.2, 0.25) is 17.7 Å². The molecule has 7 rings (SSSR count). The van der Waals surface area contributed by atoms with Crippen LogP contribution in [-0.4, -0.2) is 35.2 Å². The summed E-state index contributed by atoms with van der Waals surface area (Å²) in [5.41, 5.74) is 1.83. The maximum atomic E-state index is 14.1. The number of carbonyl (C=O) groups excluding carboxylic acids is 3. The van der Waals surface area contributed by atoms with Crippen molar-refractivity contribution in [3.63, 3.8) is 0 Å². The van der Waals surface area contributed by atoms with Gasteiger partial charge in [0.15, 0.2) is 0 Å². The van der Waals surface area contributed by atoms with E-state index in [-0.39, 0.29) is 23.8 Å². The van der Waals surface area contributed by atoms with Crippen LogP contribution in [0.2, 0.25) is 0 Å². The maximum absolute atomic E-state index is 14.1. The lowest BCUT2D eigenvalue weighted by molar-refractivity contribution is -0.135. The van der Waals surface area contributed by atoms with Crippen LogP contribution in [0.25, 0.3) is 0 Å². The van der Waals surface area contributed by atoms with Crippen molar-refractivity contribution in [2.24, 2.45) is 11.8 Å². The number of para-hydroxylation sites is 1. The van der Waals surface area contributed by atoms with E-state index in [4.69, 9.17) is 0 Å². The minimum absolute atomic E-state index is 0.145. The van der Waals surface area contributed by atoms with Gasteiger partial charge in [-0.15, -0.1) is 11.3 Å². The summed E-state index contributed by atoms with van der Waals surface area (Å²) >= 11 is 1.42. The molecule has 3 amide bonds. The number of fused-ring (bicyclic) bond motifs is 8. The van der Waals surface area contributed by atoms with Crippen molar-refractivity contribution in [2.75, 3.05) is 16.8 Å². The zero-order valence-electron chi connectivity index (χ0n) is 18.0. The van der Waals surface area contributed by atoms with Gasteiger partial charge in [-0.05, 0) is 56.7 Å². The Bertz CT molecular complexity index is 1310. The van der Waals surface area contributed by atoms with Crippen molar-refractivity contribution in [3.8, 4) is 6.07 Å². The van der Waals surface area contributed by atoms with Gasteiger partial charge in [-0.3, -0.25) is 19.3 Å². The number of carbonyl (C=O) groups is 3. The van der Waals surface area contributed by atoms with Gasteiger partial charge in [-0.2, -0.15) is 5.26 Å². The van der Waals surface area contributed by atoms with Gasteiger partial charge in [0.1, 0.15) is 16.6 Å². The smallest absolute Gasteiger partial charge is 0.250 e. The molecule has 3 fully saturated rings. The molecule has 1 spiro atoms. The fraction of sp³-hybridized carbons (Fsp3) is 0.440. The first-order chi connectivity index (χ1) is 16.1. The third kappa shape index (κ3) is 2.15. The van der Waals surface area contributed by atoms with E-state index in [9.17, 15) is 19.6 Å². The van der Waals surface area contributed by atoms with Crippen LogP contribution in [-0.2, 0) is 32.8 Å². The van der Waals surface area contributed by atoms with Gasteiger partial charge in [-0.25, -0.2) is 4.90 Å². The fourth-order valence-corrected chi connectivity index (χ4v) is 8.53. The molecule has 0 radical (unpaired) electrons. The van der Waals surface area contributed by atoms with Crippen LogP contribution in [0, 0.1) is 23.2 Å². The number of nitriles is 1. The van der Waals surface area contributed by atoms with Crippen molar-refractivity contribution in [1.29, 1.82) is 5.26 Å². The number of benzene rings is 1. The highest BCUT2D eigenvalue weighted by atomic mass is 32.1. The first-order valence-electron chi connectivity index (χ1n) is 11.7. The molecule has 5 heterocycles. The monoisotopic (exact) mass is 458 g/mol. The van der Waals surface area contributed by atoms with E-state index in [0.717, 1.165) is 60.2 Å². The Morgan fingerprint density at radius 1 is 1.09 bits per heavy atom. The molecule has 1 N–H and O–H groups in total. The predicted octanol–water partition coefficient (Wildman–Crippen LogP) is 2.93. The number of nitrogens with zero attached hydrogens (tertiary/aromatic N) is 3. The highest BCUT2D eigenvalue weighted by Crippen LogP contribution is 2.61. The van der Waals surface area contributed by atoms with E-state index < -0.39 is 17.4 Å². The van der Waals surface area contributed by atoms with Crippen LogP contribution >= 0.6 is 11.3 Å². The van der Waals surface area contributed by atoms with Crippen LogP contribution in [0.5, 0.6) is 0 Å². The van der Waals surface area contributed by atoms with Crippen molar-refractivity contribution < 1.29 is 14.4 Å². The Morgan fingerprint density at radius 2 is 1.91 bits per heavy atom. The molecule has 4 atom stereocenters. The molecule has 4 aliphatic heterocycles. The van der Waals surface area contributed by atoms with E-state index in [1.807, 2.05) is 24.3 Å². The molecule has 7 nitrogen and oxygen atoms in total. The predicted molar refractivity (Wildman–Crippen MR) is 122 cm³/mol. The molecule has 0 unspecified atom stereocenters. The number of anilines is 2. The summed E-state index contributed by atoms with van der Waals surface area (Å²) < 4.78 is 0. The molecule has 8 heteroatoms. The zero-order valence-corrected chi connectivity index (χ0v) is 18.8. The SMILES string of the molecule is N#Cc1c(N2C(=O)[C@H]3[C@@H](C2=O)[C@@]2(C(=O)Nc4ccccc42)N2CCC[C@@H]32)sc2c1CCCC2. The largest absolute Gasteiger partial charge is 0.324 e. The fourth-order valence-electron chi connectivity index (χ4n) is 7.18. The lowest BCUT2D eigenvalue weighted by Crippen LogP contribution is -2.54. The molecular weight excluding hydrogens is 436 g/mol. The molecule has 1 aromatic carbocycles. The minimum atomic E-state index is -1.16. The third-order valence-electron chi connectivity index (χ3n) is 8.37. The van der Waals surface area contributed by atoms with Crippen LogP contribution in [0.3, 0.4) is 0 Å². The summed E-state index contributed by atoms with van der Waals surface area (Å²) in [5.74, 6) is -2.13. The number of thiophene rings is 1. The van der Waals surface area contributed by atoms with Gasteiger partial charge in [0.25, 0.3) is 0 Å². The average molecular weight is 459 g/mol. The number of nitrogens with one attached hydrogen (secondary N) is 1. The summed E-state index contributed by atoms with van der Waals surface area (Å²) in [6.45, 7) is 0.691. The van der Waals surface area contributed by atoms with E-state index in [1.54, 1.807) is 0 Å². The van der Waals surface area contributed by atoms with Crippen molar-refractivity contribution in [1.82, 2.24) is 4.90 Å². The molecule has 3 saturated heterocycles. The minimum Gasteiger partial charge on any atom is -0.324 e. The highest BCUT2D eigenvalue weighted by molar-refractivity contribution is 7.17. The van der Waals surface area contributed by atoms with Gasteiger partial charge < -0.3 is 5.32 Å². The van der Waals surface area contributed by atoms with Crippen molar-refractivity contribution in [2.45, 2.75) is 50.1 Å². The Balaban J connectivity index is 1.42. The number of amides is 3. The summed E-state index contributed by atoms with van der Waals surface area (Å²) in [6.07, 6.45) is 5.45. The molecule has 1 aliphatic carbocycles. The molecule has 1 aromatic heterocycles. The van der Waals surface area contributed by atoms with E-state index in [2.05, 4.69) is 16.3 Å². The zero-order chi connectivity index (χ0) is 22.5. The topological polar surface area (TPSA) is 93.5 Å². The molecule has 0 bridgehead atoms. The molecular formula is C25H22N4O3S. The molecule has 0 saturated carbocycles. The average Bonchev–Trinajstić information content (AvgIpc) is 3.58. The maximum Gasteiger partial charge on any atom is 0.250 e. The second kappa shape index (κ2) is 6.52. The first kappa shape index (κ1) is 19.4. The molecule has 5 aliphatic rings. The third-order valence-corrected chi connectivity index (χ3v) is 9.64. The summed E-state index contributed by atoms with van der Waals surface area (Å²) in [6, 6.07) is 9.68. The lowest BCUT2D eigenvalue weighted by atomic mass is 9.75. The van der Waals surface area contributed by atoms with Gasteiger partial charge in [0.05, 0.1) is 17.4 Å². The van der Waals surface area contributed by atoms with Gasteiger partial charge >= 0.3 is 0 Å². The first-order valence-corrected chi connectivity index (χ1v) is 12.5. The van der Waals surface area contributed by atoms with E-state index in [1.165, 1.54) is 16.2 Å². The van der Waals surface area contributed by atoms with E-state index in [0.29, 0.717) is 17.1 Å². The number of hydrogen-bond donors (Lipinski definition) is 1. The Morgan fingerprint density at radius 3 is 2.76 bits per heavy atom. The Hall–Kier alpha value is -3.02. The second-order valence-corrected chi connectivity index (χ2v) is 10.8. The summed E-state index contributed by atoms with van der Waals surface area (Å²) in [4.78, 5) is 46.2. The van der Waals surface area contributed by atoms with Crippen LogP contribution in [0.1, 0.15) is 47.3 Å². The van der Waals surface area contributed by atoms with Gasteiger partial charge in [0, 0.05) is 22.2 Å². The quantitative estimate of drug-likeness (QED) is 0.664.